The zero-order chi connectivity index (χ0) is 45.0. The molecule has 62 heavy (non-hydrogen) atoms. The van der Waals surface area contributed by atoms with Crippen LogP contribution in [-0.2, 0) is 43.1 Å². The van der Waals surface area contributed by atoms with Gasteiger partial charge in [0, 0.05) is 22.7 Å². The molecule has 2 aliphatic carbocycles. The van der Waals surface area contributed by atoms with Crippen molar-refractivity contribution in [2.75, 3.05) is 17.4 Å². The average Bonchev–Trinajstić information content (AvgIpc) is 3.58. The number of alkyl halides is 9. The van der Waals surface area contributed by atoms with Gasteiger partial charge in [-0.15, -0.1) is 0 Å². The van der Waals surface area contributed by atoms with Crippen LogP contribution in [0.4, 0.5) is 51.0 Å². The number of carbonyl (C=O) groups is 4. The van der Waals surface area contributed by atoms with E-state index in [1.54, 1.807) is 0 Å². The number of aromatic hydroxyl groups is 1. The number of rotatable bonds is 6. The van der Waals surface area contributed by atoms with E-state index in [2.05, 4.69) is 10.4 Å². The number of pyridine rings is 1. The number of phenolic OH excluding ortho intramolecular Hbond substituents is 1. The molecule has 0 spiro atoms. The monoisotopic (exact) mass is 912 g/mol. The van der Waals surface area contributed by atoms with E-state index >= 15 is 4.79 Å². The Hall–Kier alpha value is -5.82. The first kappa shape index (κ1) is 42.9. The molecule has 2 saturated heterocycles. The van der Waals surface area contributed by atoms with E-state index in [1.807, 2.05) is 0 Å². The van der Waals surface area contributed by atoms with E-state index in [9.17, 15) is 59.0 Å². The van der Waals surface area contributed by atoms with Gasteiger partial charge in [-0.1, -0.05) is 47.0 Å². The number of methoxy groups -OCH3 is 1. The SMILES string of the molecule is COc1ccc(O)c(C2C3=CCC4C(=O)N(c5cc(C(F)(F)F)cc(C(F)(F)F)c5)C(=O)C4C3CC3C(=O)N(Nc4ncc(C(F)(F)F)cc4Cl)C(=O)C32c2ccc(Cl)cc2)c1. The van der Waals surface area contributed by atoms with Crippen LogP contribution in [0.1, 0.15) is 46.6 Å². The summed E-state index contributed by atoms with van der Waals surface area (Å²) in [5.41, 5.74) is -5.14. The maximum absolute atomic E-state index is 15.3. The molecule has 1 aromatic heterocycles. The van der Waals surface area contributed by atoms with Crippen molar-refractivity contribution in [1.82, 2.24) is 9.99 Å². The van der Waals surface area contributed by atoms with Crippen LogP contribution in [-0.4, -0.2) is 45.8 Å². The molecule has 21 heteroatoms. The quantitative estimate of drug-likeness (QED) is 0.111. The van der Waals surface area contributed by atoms with Crippen molar-refractivity contribution in [3.05, 3.63) is 122 Å². The molecule has 3 heterocycles. The third-order valence-corrected chi connectivity index (χ3v) is 12.5. The number of amides is 4. The second-order valence-corrected chi connectivity index (χ2v) is 16.0. The van der Waals surface area contributed by atoms with Crippen LogP contribution in [0.3, 0.4) is 0 Å². The van der Waals surface area contributed by atoms with Crippen molar-refractivity contribution in [1.29, 1.82) is 0 Å². The van der Waals surface area contributed by atoms with E-state index in [-0.39, 0.29) is 57.0 Å². The number of hydrazine groups is 1. The molecule has 2 N–H and O–H groups in total. The van der Waals surface area contributed by atoms with E-state index in [0.717, 1.165) is 0 Å². The molecule has 0 radical (unpaired) electrons. The normalized spacial score (nSPS) is 25.1. The second kappa shape index (κ2) is 14.6. The van der Waals surface area contributed by atoms with E-state index in [4.69, 9.17) is 27.9 Å². The van der Waals surface area contributed by atoms with Crippen LogP contribution < -0.4 is 15.1 Å². The lowest BCUT2D eigenvalue weighted by Crippen LogP contribution is -2.53. The lowest BCUT2D eigenvalue weighted by molar-refractivity contribution is -0.143. The largest absolute Gasteiger partial charge is 0.508 e. The first-order valence-electron chi connectivity index (χ1n) is 18.4. The van der Waals surface area contributed by atoms with E-state index in [0.29, 0.717) is 17.3 Å². The molecular weight excluding hydrogens is 886 g/mol. The number of benzene rings is 3. The van der Waals surface area contributed by atoms with Crippen molar-refractivity contribution in [2.24, 2.45) is 23.7 Å². The average molecular weight is 914 g/mol. The minimum Gasteiger partial charge on any atom is -0.508 e. The molecule has 324 valence electrons. The van der Waals surface area contributed by atoms with Crippen molar-refractivity contribution >= 4 is 58.3 Å². The van der Waals surface area contributed by atoms with Crippen LogP contribution in [0.25, 0.3) is 0 Å². The van der Waals surface area contributed by atoms with Gasteiger partial charge in [-0.3, -0.25) is 24.6 Å². The number of aromatic nitrogens is 1. The lowest BCUT2D eigenvalue weighted by Gasteiger charge is -2.50. The number of imide groups is 2. The Morgan fingerprint density at radius 2 is 1.42 bits per heavy atom. The molecule has 2 aliphatic heterocycles. The summed E-state index contributed by atoms with van der Waals surface area (Å²) in [6, 6.07) is 10.5. The maximum atomic E-state index is 15.3. The Morgan fingerprint density at radius 1 is 0.790 bits per heavy atom. The first-order valence-corrected chi connectivity index (χ1v) is 19.1. The van der Waals surface area contributed by atoms with Gasteiger partial charge in [0.2, 0.25) is 11.8 Å². The molecule has 3 aromatic carbocycles. The third kappa shape index (κ3) is 6.70. The molecule has 3 fully saturated rings. The Morgan fingerprint density at radius 3 is 2.00 bits per heavy atom. The highest BCUT2D eigenvalue weighted by molar-refractivity contribution is 6.33. The molecule has 10 nitrogen and oxygen atoms in total. The number of ether oxygens (including phenoxy) is 1. The van der Waals surface area contributed by atoms with Gasteiger partial charge >= 0.3 is 18.5 Å². The number of halogens is 11. The predicted molar refractivity (Wildman–Crippen MR) is 200 cm³/mol. The van der Waals surface area contributed by atoms with Crippen LogP contribution in [0.2, 0.25) is 10.0 Å². The third-order valence-electron chi connectivity index (χ3n) is 11.9. The number of phenols is 1. The Labute approximate surface area is 353 Å². The van der Waals surface area contributed by atoms with Crippen LogP contribution in [0, 0.1) is 23.7 Å². The topological polar surface area (TPSA) is 129 Å². The number of anilines is 2. The fraction of sp³-hybridized carbons (Fsp3) is 0.293. The number of hydrogen-bond acceptors (Lipinski definition) is 8. The summed E-state index contributed by atoms with van der Waals surface area (Å²) in [6.07, 6.45) is -14.4. The van der Waals surface area contributed by atoms with Gasteiger partial charge in [0.05, 0.1) is 57.7 Å². The lowest BCUT2D eigenvalue weighted by atomic mass is 9.49. The smallest absolute Gasteiger partial charge is 0.417 e. The first-order chi connectivity index (χ1) is 29.0. The zero-order valence-electron chi connectivity index (χ0n) is 31.3. The number of carbonyl (C=O) groups excluding carboxylic acids is 4. The van der Waals surface area contributed by atoms with Crippen LogP contribution in [0.5, 0.6) is 11.5 Å². The summed E-state index contributed by atoms with van der Waals surface area (Å²) in [6.45, 7) is 0. The summed E-state index contributed by atoms with van der Waals surface area (Å²) < 4.78 is 130. The van der Waals surface area contributed by atoms with Gasteiger partial charge in [-0.25, -0.2) is 9.88 Å². The standard InChI is InChI=1S/C41H27Cl2F9N4O6/c1-62-23-6-9-30(57)27(14-23)32-24-7-8-25-31(36(60)55(34(25)58)22-11-18(39(44,45)46)10-19(12-22)40(47,48)49)26(24)15-28-35(59)56(37(61)38(28,32)17-2-4-21(42)5-3-17)54-33-29(43)13-20(16-53-33)41(50,51)52/h2-7,9-14,16,25-26,28,31-32,57H,8,15H2,1H3,(H,53,54). The highest BCUT2D eigenvalue weighted by atomic mass is 35.5. The Kier molecular flexibility index (Phi) is 10.1. The summed E-state index contributed by atoms with van der Waals surface area (Å²) in [7, 11) is 1.30. The molecule has 6 unspecified atom stereocenters. The summed E-state index contributed by atoms with van der Waals surface area (Å²) in [5.74, 6) is -12.3. The van der Waals surface area contributed by atoms with Crippen LogP contribution in [0.15, 0.2) is 84.6 Å². The Balaban J connectivity index is 1.31. The summed E-state index contributed by atoms with van der Waals surface area (Å²) >= 11 is 12.5. The number of hydrogen-bond donors (Lipinski definition) is 2. The summed E-state index contributed by atoms with van der Waals surface area (Å²) in [4.78, 5) is 62.8. The van der Waals surface area contributed by atoms with E-state index < -0.39 is 123 Å². The van der Waals surface area contributed by atoms with Gasteiger partial charge < -0.3 is 9.84 Å². The van der Waals surface area contributed by atoms with Crippen molar-refractivity contribution in [3.8, 4) is 11.5 Å². The summed E-state index contributed by atoms with van der Waals surface area (Å²) in [5, 5.41) is 11.6. The van der Waals surface area contributed by atoms with Gasteiger partial charge in [0.15, 0.2) is 5.82 Å². The van der Waals surface area contributed by atoms with Gasteiger partial charge in [0.1, 0.15) is 11.5 Å². The second-order valence-electron chi connectivity index (χ2n) is 15.1. The fourth-order valence-corrected chi connectivity index (χ4v) is 9.67. The van der Waals surface area contributed by atoms with Crippen LogP contribution >= 0.6 is 23.2 Å². The Bertz CT molecular complexity index is 2570. The number of nitrogens with zero attached hydrogens (tertiary/aromatic N) is 3. The number of nitrogens with one attached hydrogen (secondary N) is 1. The molecule has 1 saturated carbocycles. The van der Waals surface area contributed by atoms with Crippen molar-refractivity contribution < 1.29 is 68.5 Å². The molecule has 4 amide bonds. The highest BCUT2D eigenvalue weighted by Crippen LogP contribution is 2.65. The number of allylic oxidation sites excluding steroid dienone is 2. The van der Waals surface area contributed by atoms with Gasteiger partial charge in [-0.2, -0.15) is 44.5 Å². The van der Waals surface area contributed by atoms with E-state index in [1.165, 1.54) is 55.7 Å². The zero-order valence-corrected chi connectivity index (χ0v) is 32.8. The molecule has 8 rings (SSSR count). The molecule has 6 atom stereocenters. The molecule has 4 aliphatic rings. The maximum Gasteiger partial charge on any atom is 0.417 e. The minimum atomic E-state index is -5.32. The highest BCUT2D eigenvalue weighted by Gasteiger charge is 2.71. The van der Waals surface area contributed by atoms with Gasteiger partial charge in [0.25, 0.3) is 11.8 Å². The molecule has 4 aromatic rings. The molecular formula is C41H27Cl2F9N4O6. The fourth-order valence-electron chi connectivity index (χ4n) is 9.34. The van der Waals surface area contributed by atoms with Crippen molar-refractivity contribution in [2.45, 2.75) is 42.7 Å². The minimum absolute atomic E-state index is 0.0336. The van der Waals surface area contributed by atoms with Gasteiger partial charge in [-0.05, 0) is 78.9 Å². The number of fused-ring (bicyclic) bond motifs is 4. The molecule has 0 bridgehead atoms. The predicted octanol–water partition coefficient (Wildman–Crippen LogP) is 9.35. The van der Waals surface area contributed by atoms with Crippen molar-refractivity contribution in [3.63, 3.8) is 0 Å².